The molecule has 0 saturated heterocycles. The summed E-state index contributed by atoms with van der Waals surface area (Å²) >= 11 is 3.34. The van der Waals surface area contributed by atoms with Crippen LogP contribution >= 0.6 is 15.9 Å². The normalized spacial score (nSPS) is 11.1. The summed E-state index contributed by atoms with van der Waals surface area (Å²) in [7, 11) is 1.57. The molecule has 21 heavy (non-hydrogen) atoms. The average Bonchev–Trinajstić information content (AvgIpc) is 2.40. The van der Waals surface area contributed by atoms with Gasteiger partial charge < -0.3 is 14.8 Å². The van der Waals surface area contributed by atoms with Crippen LogP contribution in [0.25, 0.3) is 0 Å². The van der Waals surface area contributed by atoms with E-state index in [-0.39, 0.29) is 12.3 Å². The summed E-state index contributed by atoms with van der Waals surface area (Å²) in [5.41, 5.74) is 0.500. The first-order chi connectivity index (χ1) is 9.79. The molecule has 1 aromatic carbocycles. The maximum Gasteiger partial charge on any atom is 0.338 e. The lowest BCUT2D eigenvalue weighted by Crippen LogP contribution is -2.29. The minimum Gasteiger partial charge on any atom is -0.462 e. The monoisotopic (exact) mass is 357 g/mol. The van der Waals surface area contributed by atoms with Gasteiger partial charge in [0, 0.05) is 11.6 Å². The maximum atomic E-state index is 12.0. The Bertz CT molecular complexity index is 528. The molecule has 5 nitrogen and oxygen atoms in total. The van der Waals surface area contributed by atoms with Crippen molar-refractivity contribution in [2.75, 3.05) is 19.0 Å². The summed E-state index contributed by atoms with van der Waals surface area (Å²) in [5.74, 6) is -0.553. The van der Waals surface area contributed by atoms with E-state index in [4.69, 9.17) is 9.47 Å². The van der Waals surface area contributed by atoms with Gasteiger partial charge in [-0.15, -0.1) is 0 Å². The van der Waals surface area contributed by atoms with E-state index in [0.29, 0.717) is 22.3 Å². The molecule has 0 saturated carbocycles. The van der Waals surface area contributed by atoms with Crippen molar-refractivity contribution in [3.05, 3.63) is 28.2 Å². The zero-order valence-electron chi connectivity index (χ0n) is 12.7. The van der Waals surface area contributed by atoms with Crippen molar-refractivity contribution >= 4 is 33.5 Å². The van der Waals surface area contributed by atoms with Gasteiger partial charge in [0.25, 0.3) is 0 Å². The van der Waals surface area contributed by atoms with Crippen LogP contribution in [0.1, 0.15) is 37.6 Å². The molecule has 0 aromatic heterocycles. The minimum atomic E-state index is -0.526. The van der Waals surface area contributed by atoms with E-state index in [9.17, 15) is 9.59 Å². The highest BCUT2D eigenvalue weighted by Gasteiger charge is 2.21. The molecular weight excluding hydrogens is 338 g/mol. The molecule has 1 N–H and O–H groups in total. The first-order valence-corrected chi connectivity index (χ1v) is 7.40. The van der Waals surface area contributed by atoms with Crippen molar-refractivity contribution < 1.29 is 19.1 Å². The number of methoxy groups -OCH3 is 1. The first kappa shape index (κ1) is 17.7. The van der Waals surface area contributed by atoms with Crippen molar-refractivity contribution in [3.8, 4) is 0 Å². The van der Waals surface area contributed by atoms with Gasteiger partial charge in [-0.1, -0.05) is 0 Å². The van der Waals surface area contributed by atoms with Crippen LogP contribution in [0.5, 0.6) is 0 Å². The van der Waals surface area contributed by atoms with E-state index in [1.54, 1.807) is 32.2 Å². The standard InChI is InChI=1S/C15H20BrNO4/c1-5-21-14(19)10-6-7-12(11(16)8-10)17-13(18)9-15(2,3)20-4/h6-8H,5,9H2,1-4H3,(H,17,18). The molecule has 116 valence electrons. The Morgan fingerprint density at radius 2 is 2.00 bits per heavy atom. The predicted octanol–water partition coefficient (Wildman–Crippen LogP) is 3.38. The maximum absolute atomic E-state index is 12.0. The van der Waals surface area contributed by atoms with Crippen LogP contribution in [0.4, 0.5) is 5.69 Å². The van der Waals surface area contributed by atoms with Crippen molar-refractivity contribution in [2.24, 2.45) is 0 Å². The molecule has 0 atom stereocenters. The van der Waals surface area contributed by atoms with Crippen LogP contribution in [-0.4, -0.2) is 31.2 Å². The Morgan fingerprint density at radius 3 is 2.52 bits per heavy atom. The molecule has 1 rings (SSSR count). The van der Waals surface area contributed by atoms with Crippen LogP contribution in [0.3, 0.4) is 0 Å². The molecule has 0 heterocycles. The van der Waals surface area contributed by atoms with Gasteiger partial charge in [-0.2, -0.15) is 0 Å². The van der Waals surface area contributed by atoms with Crippen molar-refractivity contribution in [3.63, 3.8) is 0 Å². The fourth-order valence-electron chi connectivity index (χ4n) is 1.61. The third-order valence-electron chi connectivity index (χ3n) is 2.89. The van der Waals surface area contributed by atoms with E-state index >= 15 is 0 Å². The molecule has 0 unspecified atom stereocenters. The molecule has 6 heteroatoms. The number of rotatable bonds is 6. The number of carbonyl (C=O) groups excluding carboxylic acids is 2. The van der Waals surface area contributed by atoms with Gasteiger partial charge in [-0.3, -0.25) is 4.79 Å². The quantitative estimate of drug-likeness (QED) is 0.792. The number of amides is 1. The zero-order chi connectivity index (χ0) is 16.0. The first-order valence-electron chi connectivity index (χ1n) is 6.60. The van der Waals surface area contributed by atoms with Crippen LogP contribution in [0.15, 0.2) is 22.7 Å². The summed E-state index contributed by atoms with van der Waals surface area (Å²) in [6, 6.07) is 4.89. The number of carbonyl (C=O) groups is 2. The number of nitrogens with one attached hydrogen (secondary N) is 1. The largest absolute Gasteiger partial charge is 0.462 e. The smallest absolute Gasteiger partial charge is 0.338 e. The van der Waals surface area contributed by atoms with Crippen LogP contribution in [0, 0.1) is 0 Å². The molecule has 0 radical (unpaired) electrons. The fourth-order valence-corrected chi connectivity index (χ4v) is 2.09. The second-order valence-electron chi connectivity index (χ2n) is 5.10. The third-order valence-corrected chi connectivity index (χ3v) is 3.55. The summed E-state index contributed by atoms with van der Waals surface area (Å²) in [6.07, 6.45) is 0.232. The van der Waals surface area contributed by atoms with Gasteiger partial charge in [-0.05, 0) is 54.9 Å². The summed E-state index contributed by atoms with van der Waals surface area (Å²) < 4.78 is 10.8. The highest BCUT2D eigenvalue weighted by molar-refractivity contribution is 9.10. The van der Waals surface area contributed by atoms with Crippen molar-refractivity contribution in [1.82, 2.24) is 0 Å². The van der Waals surface area contributed by atoms with Crippen molar-refractivity contribution in [1.29, 1.82) is 0 Å². The van der Waals surface area contributed by atoms with E-state index in [2.05, 4.69) is 21.2 Å². The van der Waals surface area contributed by atoms with E-state index in [1.807, 2.05) is 13.8 Å². The Labute approximate surface area is 133 Å². The number of anilines is 1. The average molecular weight is 358 g/mol. The second kappa shape index (κ2) is 7.56. The summed E-state index contributed by atoms with van der Waals surface area (Å²) in [5, 5.41) is 2.78. The predicted molar refractivity (Wildman–Crippen MR) is 84.4 cm³/mol. The molecule has 1 amide bonds. The molecule has 0 aliphatic rings. The molecule has 0 fully saturated rings. The van der Waals surface area contributed by atoms with E-state index in [0.717, 1.165) is 0 Å². The number of benzene rings is 1. The Hall–Kier alpha value is -1.40. The van der Waals surface area contributed by atoms with Gasteiger partial charge in [0.2, 0.25) is 5.91 Å². The highest BCUT2D eigenvalue weighted by atomic mass is 79.9. The molecular formula is C15H20BrNO4. The van der Waals surface area contributed by atoms with Crippen LogP contribution < -0.4 is 5.32 Å². The van der Waals surface area contributed by atoms with Crippen LogP contribution in [-0.2, 0) is 14.3 Å². The zero-order valence-corrected chi connectivity index (χ0v) is 14.2. The topological polar surface area (TPSA) is 64.6 Å². The highest BCUT2D eigenvalue weighted by Crippen LogP contribution is 2.25. The van der Waals surface area contributed by atoms with E-state index in [1.165, 1.54) is 0 Å². The van der Waals surface area contributed by atoms with E-state index < -0.39 is 11.6 Å². The third kappa shape index (κ3) is 5.47. The van der Waals surface area contributed by atoms with Gasteiger partial charge in [0.05, 0.1) is 29.9 Å². The molecule has 0 aliphatic heterocycles. The SMILES string of the molecule is CCOC(=O)c1ccc(NC(=O)CC(C)(C)OC)c(Br)c1. The lowest BCUT2D eigenvalue weighted by atomic mass is 10.0. The van der Waals surface area contributed by atoms with Crippen molar-refractivity contribution in [2.45, 2.75) is 32.8 Å². The molecule has 0 aliphatic carbocycles. The lowest BCUT2D eigenvalue weighted by molar-refractivity contribution is -0.121. The Balaban J connectivity index is 2.77. The second-order valence-corrected chi connectivity index (χ2v) is 5.96. The number of hydrogen-bond donors (Lipinski definition) is 1. The number of hydrogen-bond acceptors (Lipinski definition) is 4. The summed E-state index contributed by atoms with van der Waals surface area (Å²) in [4.78, 5) is 23.6. The summed E-state index contributed by atoms with van der Waals surface area (Å²) in [6.45, 7) is 5.75. The minimum absolute atomic E-state index is 0.161. The number of esters is 1. The van der Waals surface area contributed by atoms with Gasteiger partial charge >= 0.3 is 5.97 Å². The van der Waals surface area contributed by atoms with Gasteiger partial charge in [0.15, 0.2) is 0 Å². The number of ether oxygens (including phenoxy) is 2. The van der Waals surface area contributed by atoms with Gasteiger partial charge in [-0.25, -0.2) is 4.79 Å². The Morgan fingerprint density at radius 1 is 1.33 bits per heavy atom. The lowest BCUT2D eigenvalue weighted by Gasteiger charge is -2.22. The van der Waals surface area contributed by atoms with Crippen LogP contribution in [0.2, 0.25) is 0 Å². The molecule has 0 bridgehead atoms. The fraction of sp³-hybridized carbons (Fsp3) is 0.467. The number of halogens is 1. The Kier molecular flexibility index (Phi) is 6.36. The molecule has 0 spiro atoms. The molecule has 1 aromatic rings. The van der Waals surface area contributed by atoms with Gasteiger partial charge in [0.1, 0.15) is 0 Å².